The van der Waals surface area contributed by atoms with Gasteiger partial charge in [-0.05, 0) is 5.39 Å². The standard InChI is InChI=1S/C13H11ClN2O4/c14-11-8-4-2-1-3-7(8)9(5-15-11)12(18)16-10(6-17)13(19)20/h1-5,10,17H,6H2,(H,16,18)(H,19,20). The first-order chi connectivity index (χ1) is 9.54. The minimum absolute atomic E-state index is 0.199. The van der Waals surface area contributed by atoms with Crippen molar-refractivity contribution in [1.29, 1.82) is 0 Å². The summed E-state index contributed by atoms with van der Waals surface area (Å²) in [5, 5.41) is 21.4. The Morgan fingerprint density at radius 2 is 1.95 bits per heavy atom. The Morgan fingerprint density at radius 3 is 2.55 bits per heavy atom. The van der Waals surface area contributed by atoms with Crippen LogP contribution >= 0.6 is 11.6 Å². The number of rotatable bonds is 4. The van der Waals surface area contributed by atoms with Crippen molar-refractivity contribution in [3.05, 3.63) is 41.2 Å². The Kier molecular flexibility index (Phi) is 4.16. The summed E-state index contributed by atoms with van der Waals surface area (Å²) in [7, 11) is 0. The minimum atomic E-state index is -1.36. The number of carboxylic acids is 1. The molecule has 0 bridgehead atoms. The molecule has 20 heavy (non-hydrogen) atoms. The van der Waals surface area contributed by atoms with Crippen LogP contribution in [0.1, 0.15) is 10.4 Å². The molecule has 0 saturated carbocycles. The van der Waals surface area contributed by atoms with Gasteiger partial charge in [0, 0.05) is 11.6 Å². The molecule has 1 amide bonds. The van der Waals surface area contributed by atoms with Gasteiger partial charge in [-0.3, -0.25) is 4.79 Å². The van der Waals surface area contributed by atoms with Gasteiger partial charge in [-0.25, -0.2) is 9.78 Å². The van der Waals surface area contributed by atoms with E-state index in [1.165, 1.54) is 6.20 Å². The normalized spacial score (nSPS) is 12.1. The fraction of sp³-hybridized carbons (Fsp3) is 0.154. The second kappa shape index (κ2) is 5.85. The number of carbonyl (C=O) groups excluding carboxylic acids is 1. The molecule has 1 aromatic heterocycles. The van der Waals surface area contributed by atoms with Gasteiger partial charge in [0.2, 0.25) is 0 Å². The van der Waals surface area contributed by atoms with Gasteiger partial charge in [-0.2, -0.15) is 0 Å². The number of halogens is 1. The van der Waals surface area contributed by atoms with Gasteiger partial charge in [0.25, 0.3) is 5.91 Å². The fourth-order valence-electron chi connectivity index (χ4n) is 1.76. The van der Waals surface area contributed by atoms with Gasteiger partial charge in [0.15, 0.2) is 6.04 Å². The summed E-state index contributed by atoms with van der Waals surface area (Å²) in [6, 6.07) is 5.52. The number of benzene rings is 1. The van der Waals surface area contributed by atoms with E-state index in [0.29, 0.717) is 10.8 Å². The van der Waals surface area contributed by atoms with E-state index in [1.54, 1.807) is 24.3 Å². The highest BCUT2D eigenvalue weighted by Gasteiger charge is 2.21. The van der Waals surface area contributed by atoms with E-state index in [-0.39, 0.29) is 10.7 Å². The second-order valence-corrected chi connectivity index (χ2v) is 4.41. The molecule has 0 aliphatic carbocycles. The molecule has 3 N–H and O–H groups in total. The molecule has 104 valence electrons. The van der Waals surface area contributed by atoms with Crippen molar-refractivity contribution in [2.45, 2.75) is 6.04 Å². The molecule has 0 aliphatic heterocycles. The van der Waals surface area contributed by atoms with Crippen molar-refractivity contribution in [3.8, 4) is 0 Å². The van der Waals surface area contributed by atoms with Crippen LogP contribution in [0.2, 0.25) is 5.15 Å². The third-order valence-corrected chi connectivity index (χ3v) is 3.08. The van der Waals surface area contributed by atoms with Crippen LogP contribution in [0.15, 0.2) is 30.5 Å². The van der Waals surface area contributed by atoms with Crippen LogP contribution in [0.4, 0.5) is 0 Å². The minimum Gasteiger partial charge on any atom is -0.480 e. The average Bonchev–Trinajstić information content (AvgIpc) is 2.45. The number of aliphatic carboxylic acids is 1. The van der Waals surface area contributed by atoms with Crippen LogP contribution in [-0.2, 0) is 4.79 Å². The molecule has 7 heteroatoms. The molecular weight excluding hydrogens is 284 g/mol. The van der Waals surface area contributed by atoms with Crippen LogP contribution in [-0.4, -0.2) is 39.7 Å². The highest BCUT2D eigenvalue weighted by atomic mass is 35.5. The van der Waals surface area contributed by atoms with E-state index < -0.39 is 24.5 Å². The Morgan fingerprint density at radius 1 is 1.30 bits per heavy atom. The molecule has 1 heterocycles. The van der Waals surface area contributed by atoms with Gasteiger partial charge < -0.3 is 15.5 Å². The molecule has 0 radical (unpaired) electrons. The molecule has 1 aromatic carbocycles. The molecule has 2 rings (SSSR count). The van der Waals surface area contributed by atoms with E-state index in [9.17, 15) is 9.59 Å². The zero-order valence-corrected chi connectivity index (χ0v) is 11.0. The summed E-state index contributed by atoms with van der Waals surface area (Å²) < 4.78 is 0. The Balaban J connectivity index is 2.40. The summed E-state index contributed by atoms with van der Waals surface area (Å²) in [6.45, 7) is -0.694. The highest BCUT2D eigenvalue weighted by molar-refractivity contribution is 6.34. The number of nitrogens with zero attached hydrogens (tertiary/aromatic N) is 1. The summed E-state index contributed by atoms with van der Waals surface area (Å²) in [5.41, 5.74) is 0.199. The number of amides is 1. The third kappa shape index (κ3) is 2.71. The lowest BCUT2D eigenvalue weighted by Crippen LogP contribution is -2.43. The number of aliphatic hydroxyl groups excluding tert-OH is 1. The largest absolute Gasteiger partial charge is 0.480 e. The van der Waals surface area contributed by atoms with Crippen LogP contribution in [0.5, 0.6) is 0 Å². The van der Waals surface area contributed by atoms with Gasteiger partial charge in [0.1, 0.15) is 5.15 Å². The van der Waals surface area contributed by atoms with Crippen LogP contribution < -0.4 is 5.32 Å². The van der Waals surface area contributed by atoms with Crippen molar-refractivity contribution >= 4 is 34.2 Å². The predicted octanol–water partition coefficient (Wildman–Crippen LogP) is 1.06. The van der Waals surface area contributed by atoms with Crippen LogP contribution in [0.25, 0.3) is 10.8 Å². The molecule has 0 aliphatic rings. The monoisotopic (exact) mass is 294 g/mol. The first kappa shape index (κ1) is 14.2. The maximum Gasteiger partial charge on any atom is 0.328 e. The number of aromatic nitrogens is 1. The van der Waals surface area contributed by atoms with Crippen molar-refractivity contribution < 1.29 is 19.8 Å². The van der Waals surface area contributed by atoms with E-state index in [2.05, 4.69) is 10.3 Å². The second-order valence-electron chi connectivity index (χ2n) is 4.06. The maximum absolute atomic E-state index is 12.1. The Labute approximate surface area is 119 Å². The lowest BCUT2D eigenvalue weighted by molar-refractivity contribution is -0.140. The van der Waals surface area contributed by atoms with E-state index in [4.69, 9.17) is 21.8 Å². The SMILES string of the molecule is O=C(NC(CO)C(=O)O)c1cnc(Cl)c2ccccc12. The molecule has 1 unspecified atom stereocenters. The summed E-state index contributed by atoms with van der Waals surface area (Å²) in [5.74, 6) is -1.95. The molecule has 6 nitrogen and oxygen atoms in total. The number of hydrogen-bond acceptors (Lipinski definition) is 4. The Hall–Kier alpha value is -2.18. The van der Waals surface area contributed by atoms with Crippen LogP contribution in [0.3, 0.4) is 0 Å². The molecular formula is C13H11ClN2O4. The summed E-state index contributed by atoms with van der Waals surface area (Å²) in [4.78, 5) is 26.8. The number of hydrogen-bond donors (Lipinski definition) is 3. The van der Waals surface area contributed by atoms with E-state index >= 15 is 0 Å². The predicted molar refractivity (Wildman–Crippen MR) is 72.7 cm³/mol. The number of carboxylic acid groups (broad SMARTS) is 1. The van der Waals surface area contributed by atoms with Gasteiger partial charge in [-0.15, -0.1) is 0 Å². The van der Waals surface area contributed by atoms with E-state index in [0.717, 1.165) is 0 Å². The Bertz CT molecular complexity index is 674. The third-order valence-electron chi connectivity index (χ3n) is 2.78. The molecule has 0 fully saturated rings. The molecule has 0 saturated heterocycles. The average molecular weight is 295 g/mol. The lowest BCUT2D eigenvalue weighted by Gasteiger charge is -2.13. The summed E-state index contributed by atoms with van der Waals surface area (Å²) in [6.07, 6.45) is 1.27. The van der Waals surface area contributed by atoms with Crippen molar-refractivity contribution in [3.63, 3.8) is 0 Å². The maximum atomic E-state index is 12.1. The number of fused-ring (bicyclic) bond motifs is 1. The number of carbonyl (C=O) groups is 2. The van der Waals surface area contributed by atoms with Crippen molar-refractivity contribution in [1.82, 2.24) is 10.3 Å². The molecule has 1 atom stereocenters. The number of pyridine rings is 1. The van der Waals surface area contributed by atoms with Crippen LogP contribution in [0, 0.1) is 0 Å². The number of nitrogens with one attached hydrogen (secondary N) is 1. The number of aliphatic hydroxyl groups is 1. The van der Waals surface area contributed by atoms with Gasteiger partial charge in [0.05, 0.1) is 12.2 Å². The molecule has 0 spiro atoms. The van der Waals surface area contributed by atoms with Gasteiger partial charge in [-0.1, -0.05) is 35.9 Å². The quantitative estimate of drug-likeness (QED) is 0.732. The topological polar surface area (TPSA) is 99.5 Å². The van der Waals surface area contributed by atoms with Gasteiger partial charge >= 0.3 is 5.97 Å². The fourth-order valence-corrected chi connectivity index (χ4v) is 1.97. The summed E-state index contributed by atoms with van der Waals surface area (Å²) >= 11 is 5.94. The first-order valence-corrected chi connectivity index (χ1v) is 6.10. The van der Waals surface area contributed by atoms with E-state index in [1.807, 2.05) is 0 Å². The zero-order valence-electron chi connectivity index (χ0n) is 10.2. The first-order valence-electron chi connectivity index (χ1n) is 5.72. The van der Waals surface area contributed by atoms with Crippen molar-refractivity contribution in [2.24, 2.45) is 0 Å². The highest BCUT2D eigenvalue weighted by Crippen LogP contribution is 2.24. The molecule has 2 aromatic rings. The lowest BCUT2D eigenvalue weighted by atomic mass is 10.1. The smallest absolute Gasteiger partial charge is 0.328 e. The zero-order chi connectivity index (χ0) is 14.7. The van der Waals surface area contributed by atoms with Crippen molar-refractivity contribution in [2.75, 3.05) is 6.61 Å².